The molecule has 0 spiro atoms. The molecule has 4 rings (SSSR count). The van der Waals surface area contributed by atoms with E-state index in [0.29, 0.717) is 17.8 Å². The number of nitrogens with zero attached hydrogens (tertiary/aromatic N) is 3. The zero-order valence-corrected chi connectivity index (χ0v) is 20.9. The first kappa shape index (κ1) is 25.6. The van der Waals surface area contributed by atoms with Gasteiger partial charge in [0.1, 0.15) is 17.5 Å². The molecule has 0 saturated carbocycles. The van der Waals surface area contributed by atoms with E-state index in [0.717, 1.165) is 24.8 Å². The number of carbonyl (C=O) groups excluding carboxylic acids is 2. The van der Waals surface area contributed by atoms with Crippen LogP contribution in [0.3, 0.4) is 0 Å². The van der Waals surface area contributed by atoms with Gasteiger partial charge in [0, 0.05) is 31.4 Å². The Hall–Kier alpha value is -3.46. The lowest BCUT2D eigenvalue weighted by Crippen LogP contribution is -2.50. The van der Waals surface area contributed by atoms with Crippen molar-refractivity contribution in [3.8, 4) is 5.88 Å². The lowest BCUT2D eigenvalue weighted by atomic mass is 9.99. The van der Waals surface area contributed by atoms with Gasteiger partial charge < -0.3 is 25.0 Å². The number of hydrogen-bond donors (Lipinski definition) is 2. The molecule has 0 bridgehead atoms. The van der Waals surface area contributed by atoms with E-state index < -0.39 is 6.10 Å². The predicted molar refractivity (Wildman–Crippen MR) is 135 cm³/mol. The molecule has 1 aliphatic carbocycles. The van der Waals surface area contributed by atoms with Crippen LogP contribution >= 0.6 is 0 Å². The van der Waals surface area contributed by atoms with Crippen LogP contribution in [0.25, 0.3) is 5.57 Å². The number of carbonyl (C=O) groups is 2. The maximum Gasteiger partial charge on any atom is 0.321 e. The minimum atomic E-state index is -0.460. The SMILES string of the molecule is C[C@H](CO)N1C[C@H](C)[C@@H](CN(C)C(=O)Nc2ccc(F)cc2)Oc2ncc(C3=CCCC3)cc2C1=O. The molecule has 0 fully saturated rings. The number of amides is 3. The Bertz CT molecular complexity index is 1140. The average molecular weight is 497 g/mol. The molecule has 1 aromatic carbocycles. The molecule has 3 atom stereocenters. The molecule has 8 nitrogen and oxygen atoms in total. The molecular formula is C27H33FN4O4. The number of hydrogen-bond acceptors (Lipinski definition) is 5. The van der Waals surface area contributed by atoms with Crippen molar-refractivity contribution in [3.63, 3.8) is 0 Å². The predicted octanol–water partition coefficient (Wildman–Crippen LogP) is 4.17. The third-order valence-electron chi connectivity index (χ3n) is 6.83. The molecule has 3 amide bonds. The summed E-state index contributed by atoms with van der Waals surface area (Å²) in [5, 5.41) is 12.6. The molecule has 192 valence electrons. The number of allylic oxidation sites excluding steroid dienone is 2. The minimum Gasteiger partial charge on any atom is -0.472 e. The summed E-state index contributed by atoms with van der Waals surface area (Å²) in [6.45, 7) is 4.17. The van der Waals surface area contributed by atoms with Crippen molar-refractivity contribution in [2.24, 2.45) is 5.92 Å². The largest absolute Gasteiger partial charge is 0.472 e. The van der Waals surface area contributed by atoms with Gasteiger partial charge in [-0.15, -0.1) is 0 Å². The highest BCUT2D eigenvalue weighted by Crippen LogP contribution is 2.32. The summed E-state index contributed by atoms with van der Waals surface area (Å²) in [6.07, 6.45) is 6.48. The number of aliphatic hydroxyl groups excluding tert-OH is 1. The van der Waals surface area contributed by atoms with Crippen LogP contribution in [0, 0.1) is 11.7 Å². The Morgan fingerprint density at radius 1 is 1.36 bits per heavy atom. The Balaban J connectivity index is 1.58. The van der Waals surface area contributed by atoms with Crippen LogP contribution in [0.4, 0.5) is 14.9 Å². The topological polar surface area (TPSA) is 95.0 Å². The number of fused-ring (bicyclic) bond motifs is 1. The van der Waals surface area contributed by atoms with Gasteiger partial charge in [-0.25, -0.2) is 14.2 Å². The fraction of sp³-hybridized carbons (Fsp3) is 0.444. The summed E-state index contributed by atoms with van der Waals surface area (Å²) >= 11 is 0. The van der Waals surface area contributed by atoms with Crippen molar-refractivity contribution in [1.82, 2.24) is 14.8 Å². The number of ether oxygens (including phenoxy) is 1. The van der Waals surface area contributed by atoms with E-state index in [-0.39, 0.29) is 48.7 Å². The number of likely N-dealkylation sites (N-methyl/N-ethyl adjacent to an activating group) is 1. The number of aromatic nitrogens is 1. The van der Waals surface area contributed by atoms with E-state index in [4.69, 9.17) is 4.74 Å². The van der Waals surface area contributed by atoms with Crippen molar-refractivity contribution in [3.05, 3.63) is 59.5 Å². The first-order valence-corrected chi connectivity index (χ1v) is 12.3. The summed E-state index contributed by atoms with van der Waals surface area (Å²) < 4.78 is 19.5. The zero-order valence-electron chi connectivity index (χ0n) is 20.9. The van der Waals surface area contributed by atoms with E-state index in [1.807, 2.05) is 13.0 Å². The molecule has 36 heavy (non-hydrogen) atoms. The van der Waals surface area contributed by atoms with E-state index in [2.05, 4.69) is 16.4 Å². The molecule has 2 N–H and O–H groups in total. The third-order valence-corrected chi connectivity index (χ3v) is 6.83. The van der Waals surface area contributed by atoms with Gasteiger partial charge in [0.05, 0.1) is 19.2 Å². The monoisotopic (exact) mass is 496 g/mol. The molecule has 1 aromatic heterocycles. The van der Waals surface area contributed by atoms with Crippen LogP contribution in [-0.4, -0.2) is 70.7 Å². The summed E-state index contributed by atoms with van der Waals surface area (Å²) in [5.41, 5.74) is 2.91. The van der Waals surface area contributed by atoms with Crippen molar-refractivity contribution in [2.45, 2.75) is 45.3 Å². The van der Waals surface area contributed by atoms with Gasteiger partial charge in [-0.2, -0.15) is 0 Å². The van der Waals surface area contributed by atoms with Crippen molar-refractivity contribution in [1.29, 1.82) is 0 Å². The van der Waals surface area contributed by atoms with Crippen LogP contribution in [0.15, 0.2) is 42.6 Å². The van der Waals surface area contributed by atoms with E-state index in [1.165, 1.54) is 34.7 Å². The van der Waals surface area contributed by atoms with Crippen LogP contribution < -0.4 is 10.1 Å². The summed E-state index contributed by atoms with van der Waals surface area (Å²) in [7, 11) is 1.65. The van der Waals surface area contributed by atoms with E-state index in [1.54, 1.807) is 25.1 Å². The molecule has 0 unspecified atom stereocenters. The van der Waals surface area contributed by atoms with Crippen LogP contribution in [0.2, 0.25) is 0 Å². The highest BCUT2D eigenvalue weighted by molar-refractivity contribution is 5.97. The van der Waals surface area contributed by atoms with E-state index in [9.17, 15) is 19.1 Å². The number of aliphatic hydroxyl groups is 1. The molecule has 2 aromatic rings. The Morgan fingerprint density at radius 3 is 2.78 bits per heavy atom. The smallest absolute Gasteiger partial charge is 0.321 e. The second kappa shape index (κ2) is 11.1. The number of urea groups is 1. The van der Waals surface area contributed by atoms with Gasteiger partial charge in [-0.3, -0.25) is 4.79 Å². The molecule has 1 aliphatic heterocycles. The Kier molecular flexibility index (Phi) is 7.88. The lowest BCUT2D eigenvalue weighted by Gasteiger charge is -2.37. The molecule has 2 aliphatic rings. The number of pyridine rings is 1. The zero-order chi connectivity index (χ0) is 25.8. The second-order valence-electron chi connectivity index (χ2n) is 9.64. The number of halogens is 1. The van der Waals surface area contributed by atoms with Crippen molar-refractivity contribution < 1.29 is 23.8 Å². The van der Waals surface area contributed by atoms with Gasteiger partial charge in [0.2, 0.25) is 5.88 Å². The Labute approximate surface area is 210 Å². The Morgan fingerprint density at radius 2 is 2.11 bits per heavy atom. The molecular weight excluding hydrogens is 463 g/mol. The summed E-state index contributed by atoms with van der Waals surface area (Å²) in [6, 6.07) is 6.62. The minimum absolute atomic E-state index is 0.156. The maximum absolute atomic E-state index is 13.5. The summed E-state index contributed by atoms with van der Waals surface area (Å²) in [4.78, 5) is 34.0. The van der Waals surface area contributed by atoms with Crippen LogP contribution in [-0.2, 0) is 0 Å². The first-order chi connectivity index (χ1) is 17.3. The fourth-order valence-electron chi connectivity index (χ4n) is 4.53. The molecule has 0 saturated heterocycles. The molecule has 0 radical (unpaired) electrons. The lowest BCUT2D eigenvalue weighted by molar-refractivity contribution is 0.0356. The van der Waals surface area contributed by atoms with Gasteiger partial charge in [-0.1, -0.05) is 13.0 Å². The quantitative estimate of drug-likeness (QED) is 0.626. The highest BCUT2D eigenvalue weighted by Gasteiger charge is 2.35. The number of rotatable bonds is 6. The first-order valence-electron chi connectivity index (χ1n) is 12.3. The highest BCUT2D eigenvalue weighted by atomic mass is 19.1. The molecule has 2 heterocycles. The standard InChI is InChI=1S/C27H33FN4O4/c1-17-14-32(18(2)16-33)26(34)23-12-20(19-6-4-5-7-19)13-29-25(23)36-24(17)15-31(3)27(35)30-22-10-8-21(28)9-11-22/h6,8-13,17-18,24,33H,4-5,7,14-16H2,1-3H3,(H,30,35)/t17-,18+,24+/m0/s1. The van der Waals surface area contributed by atoms with Gasteiger partial charge in [0.25, 0.3) is 5.91 Å². The average Bonchev–Trinajstić information content (AvgIpc) is 3.42. The number of nitrogens with one attached hydrogen (secondary N) is 1. The van der Waals surface area contributed by atoms with Gasteiger partial charge >= 0.3 is 6.03 Å². The van der Waals surface area contributed by atoms with E-state index >= 15 is 0 Å². The number of anilines is 1. The fourth-order valence-corrected chi connectivity index (χ4v) is 4.53. The number of benzene rings is 1. The third kappa shape index (κ3) is 5.67. The van der Waals surface area contributed by atoms with Crippen LogP contribution in [0.5, 0.6) is 5.88 Å². The summed E-state index contributed by atoms with van der Waals surface area (Å²) in [5.74, 6) is -0.544. The van der Waals surface area contributed by atoms with Crippen molar-refractivity contribution >= 4 is 23.2 Å². The normalized spacial score (nSPS) is 20.5. The van der Waals surface area contributed by atoms with Gasteiger partial charge in [0.15, 0.2) is 0 Å². The van der Waals surface area contributed by atoms with Gasteiger partial charge in [-0.05, 0) is 67.7 Å². The second-order valence-corrected chi connectivity index (χ2v) is 9.64. The molecule has 9 heteroatoms. The van der Waals surface area contributed by atoms with Crippen molar-refractivity contribution in [2.75, 3.05) is 32.1 Å². The maximum atomic E-state index is 13.5. The van der Waals surface area contributed by atoms with Crippen LogP contribution in [0.1, 0.15) is 49.0 Å².